The molecule has 0 aliphatic heterocycles. The number of phenolic OH excluding ortho intramolecular Hbond substituents is 1. The number of aryl methyl sites for hydroxylation is 1. The molecule has 0 fully saturated rings. The Bertz CT molecular complexity index is 966. The van der Waals surface area contributed by atoms with Crippen molar-refractivity contribution in [3.8, 4) is 5.75 Å². The normalized spacial score (nSPS) is 10.5. The van der Waals surface area contributed by atoms with E-state index < -0.39 is 10.8 Å². The summed E-state index contributed by atoms with van der Waals surface area (Å²) < 4.78 is 0. The molecule has 0 atom stereocenters. The van der Waals surface area contributed by atoms with Gasteiger partial charge in [0.05, 0.1) is 10.5 Å². The molecule has 3 aromatic rings. The van der Waals surface area contributed by atoms with Crippen molar-refractivity contribution in [1.29, 1.82) is 0 Å². The van der Waals surface area contributed by atoms with Gasteiger partial charge in [0, 0.05) is 17.8 Å². The van der Waals surface area contributed by atoms with Gasteiger partial charge in [-0.15, -0.1) is 0 Å². The summed E-state index contributed by atoms with van der Waals surface area (Å²) in [5.41, 5.74) is 1.62. The van der Waals surface area contributed by atoms with Gasteiger partial charge in [-0.25, -0.2) is 0 Å². The van der Waals surface area contributed by atoms with Crippen LogP contribution >= 0.6 is 0 Å². The Morgan fingerprint density at radius 3 is 2.50 bits per heavy atom. The summed E-state index contributed by atoms with van der Waals surface area (Å²) in [6, 6.07) is 14.4. The highest BCUT2D eigenvalue weighted by Crippen LogP contribution is 2.25. The van der Waals surface area contributed by atoms with Crippen molar-refractivity contribution in [1.82, 2.24) is 0 Å². The van der Waals surface area contributed by atoms with Crippen LogP contribution in [0.3, 0.4) is 0 Å². The van der Waals surface area contributed by atoms with Crippen molar-refractivity contribution in [3.63, 3.8) is 0 Å². The second-order valence-corrected chi connectivity index (χ2v) is 5.48. The minimum absolute atomic E-state index is 0.0176. The molecule has 2 N–H and O–H groups in total. The number of nitro groups is 1. The number of hydrogen-bond acceptors (Lipinski definition) is 4. The molecule has 6 nitrogen and oxygen atoms in total. The number of anilines is 1. The zero-order valence-corrected chi connectivity index (χ0v) is 12.8. The second kappa shape index (κ2) is 6.00. The first-order valence-electron chi connectivity index (χ1n) is 7.23. The zero-order valence-electron chi connectivity index (χ0n) is 12.8. The number of rotatable bonds is 3. The van der Waals surface area contributed by atoms with E-state index in [1.54, 1.807) is 36.4 Å². The first-order chi connectivity index (χ1) is 11.4. The predicted octanol–water partition coefficient (Wildman–Crippen LogP) is 4.01. The third-order valence-corrected chi connectivity index (χ3v) is 3.69. The lowest BCUT2D eigenvalue weighted by Crippen LogP contribution is -2.12. The van der Waals surface area contributed by atoms with Gasteiger partial charge in [-0.1, -0.05) is 17.7 Å². The Balaban J connectivity index is 1.90. The first-order valence-corrected chi connectivity index (χ1v) is 7.23. The fourth-order valence-corrected chi connectivity index (χ4v) is 2.45. The van der Waals surface area contributed by atoms with E-state index in [1.165, 1.54) is 18.2 Å². The van der Waals surface area contributed by atoms with E-state index in [-0.39, 0.29) is 17.0 Å². The van der Waals surface area contributed by atoms with Crippen LogP contribution in [0, 0.1) is 17.0 Å². The lowest BCUT2D eigenvalue weighted by atomic mass is 10.1. The molecular weight excluding hydrogens is 308 g/mol. The van der Waals surface area contributed by atoms with E-state index in [9.17, 15) is 20.0 Å². The highest BCUT2D eigenvalue weighted by molar-refractivity contribution is 6.07. The van der Waals surface area contributed by atoms with E-state index >= 15 is 0 Å². The molecule has 0 saturated carbocycles. The smallest absolute Gasteiger partial charge is 0.270 e. The molecule has 1 amide bonds. The van der Waals surface area contributed by atoms with Crippen molar-refractivity contribution in [2.24, 2.45) is 0 Å². The zero-order chi connectivity index (χ0) is 17.3. The average Bonchev–Trinajstić information content (AvgIpc) is 2.56. The Kier molecular flexibility index (Phi) is 3.87. The van der Waals surface area contributed by atoms with Gasteiger partial charge in [0.2, 0.25) is 0 Å². The number of non-ortho nitro benzene ring substituents is 1. The van der Waals surface area contributed by atoms with Gasteiger partial charge in [0.15, 0.2) is 0 Å². The van der Waals surface area contributed by atoms with Crippen LogP contribution in [0.5, 0.6) is 5.75 Å². The minimum Gasteiger partial charge on any atom is -0.507 e. The molecule has 0 bridgehead atoms. The van der Waals surface area contributed by atoms with Gasteiger partial charge in [-0.05, 0) is 48.0 Å². The minimum atomic E-state index is -0.449. The number of nitrogens with one attached hydrogen (secondary N) is 1. The molecule has 0 saturated heterocycles. The van der Waals surface area contributed by atoms with Crippen molar-refractivity contribution in [2.75, 3.05) is 5.32 Å². The molecule has 3 rings (SSSR count). The van der Waals surface area contributed by atoms with Crippen LogP contribution in [-0.4, -0.2) is 15.9 Å². The molecule has 0 aliphatic rings. The maximum atomic E-state index is 12.3. The molecule has 0 aliphatic carbocycles. The number of nitrogens with zero attached hydrogens (tertiary/aromatic N) is 1. The third kappa shape index (κ3) is 3.03. The number of nitro benzene ring substituents is 1. The van der Waals surface area contributed by atoms with Crippen LogP contribution in [0.2, 0.25) is 0 Å². The van der Waals surface area contributed by atoms with E-state index in [1.807, 2.05) is 6.92 Å². The number of carbonyl (C=O) groups excluding carboxylic acids is 1. The van der Waals surface area contributed by atoms with Crippen LogP contribution in [0.25, 0.3) is 10.8 Å². The molecule has 120 valence electrons. The number of benzene rings is 3. The molecule has 0 unspecified atom stereocenters. The lowest BCUT2D eigenvalue weighted by Gasteiger charge is -2.09. The SMILES string of the molecule is Cc1ccc(O)c(C(=O)Nc2ccc3cc([N+](=O)[O-])ccc3c2)c1. The molecule has 0 heterocycles. The molecule has 24 heavy (non-hydrogen) atoms. The number of amides is 1. The van der Waals surface area contributed by atoms with Gasteiger partial charge in [0.1, 0.15) is 5.75 Å². The number of fused-ring (bicyclic) bond motifs is 1. The van der Waals surface area contributed by atoms with E-state index in [2.05, 4.69) is 5.32 Å². The van der Waals surface area contributed by atoms with Crippen LogP contribution in [0.4, 0.5) is 11.4 Å². The quantitative estimate of drug-likeness (QED) is 0.563. The van der Waals surface area contributed by atoms with Crippen molar-refractivity contribution >= 4 is 28.1 Å². The molecule has 0 radical (unpaired) electrons. The summed E-state index contributed by atoms with van der Waals surface area (Å²) >= 11 is 0. The Hall–Kier alpha value is -3.41. The van der Waals surface area contributed by atoms with Crippen LogP contribution in [0.1, 0.15) is 15.9 Å². The van der Waals surface area contributed by atoms with E-state index in [0.717, 1.165) is 10.9 Å². The monoisotopic (exact) mass is 322 g/mol. The lowest BCUT2D eigenvalue weighted by molar-refractivity contribution is -0.384. The second-order valence-electron chi connectivity index (χ2n) is 5.48. The van der Waals surface area contributed by atoms with Crippen molar-refractivity contribution in [3.05, 3.63) is 75.8 Å². The van der Waals surface area contributed by atoms with Gasteiger partial charge >= 0.3 is 0 Å². The molecule has 0 aromatic heterocycles. The van der Waals surface area contributed by atoms with Gasteiger partial charge in [-0.2, -0.15) is 0 Å². The van der Waals surface area contributed by atoms with E-state index in [4.69, 9.17) is 0 Å². The standard InChI is InChI=1S/C18H14N2O4/c1-11-2-7-17(21)16(8-11)18(22)19-14-5-3-13-10-15(20(23)24)6-4-12(13)9-14/h2-10,21H,1H3,(H,19,22). The number of hydrogen-bond donors (Lipinski definition) is 2. The van der Waals surface area contributed by atoms with E-state index in [0.29, 0.717) is 11.1 Å². The van der Waals surface area contributed by atoms with Crippen LogP contribution < -0.4 is 5.32 Å². The van der Waals surface area contributed by atoms with Gasteiger partial charge < -0.3 is 10.4 Å². The first kappa shape index (κ1) is 15.5. The average molecular weight is 322 g/mol. The highest BCUT2D eigenvalue weighted by atomic mass is 16.6. The largest absolute Gasteiger partial charge is 0.507 e. The highest BCUT2D eigenvalue weighted by Gasteiger charge is 2.12. The van der Waals surface area contributed by atoms with Crippen molar-refractivity contribution in [2.45, 2.75) is 6.92 Å². The van der Waals surface area contributed by atoms with Gasteiger partial charge in [-0.3, -0.25) is 14.9 Å². The van der Waals surface area contributed by atoms with Gasteiger partial charge in [0.25, 0.3) is 11.6 Å². The number of phenols is 1. The molecule has 0 spiro atoms. The number of carbonyl (C=O) groups is 1. The van der Waals surface area contributed by atoms with Crippen LogP contribution in [-0.2, 0) is 0 Å². The molecule has 3 aromatic carbocycles. The summed E-state index contributed by atoms with van der Waals surface area (Å²) in [6.45, 7) is 1.83. The number of aromatic hydroxyl groups is 1. The molecular formula is C18H14N2O4. The Labute approximate surface area is 137 Å². The summed E-state index contributed by atoms with van der Waals surface area (Å²) in [4.78, 5) is 22.7. The molecule has 6 heteroatoms. The fraction of sp³-hybridized carbons (Fsp3) is 0.0556. The van der Waals surface area contributed by atoms with Crippen molar-refractivity contribution < 1.29 is 14.8 Å². The summed E-state index contributed by atoms with van der Waals surface area (Å²) in [7, 11) is 0. The Morgan fingerprint density at radius 2 is 1.75 bits per heavy atom. The summed E-state index contributed by atoms with van der Waals surface area (Å²) in [5, 5.41) is 24.8. The Morgan fingerprint density at radius 1 is 1.04 bits per heavy atom. The third-order valence-electron chi connectivity index (χ3n) is 3.69. The topological polar surface area (TPSA) is 92.5 Å². The maximum absolute atomic E-state index is 12.3. The van der Waals surface area contributed by atoms with Crippen LogP contribution in [0.15, 0.2) is 54.6 Å². The summed E-state index contributed by atoms with van der Waals surface area (Å²) in [5.74, 6) is -0.507. The predicted molar refractivity (Wildman–Crippen MR) is 91.4 cm³/mol. The summed E-state index contributed by atoms with van der Waals surface area (Å²) in [6.07, 6.45) is 0. The maximum Gasteiger partial charge on any atom is 0.270 e. The fourth-order valence-electron chi connectivity index (χ4n) is 2.45.